The zero-order valence-electron chi connectivity index (χ0n) is 10.8. The molecule has 2 heteroatoms. The van der Waals surface area contributed by atoms with Crippen molar-refractivity contribution in [2.45, 2.75) is 13.8 Å². The molecule has 2 aliphatic rings. The van der Waals surface area contributed by atoms with Gasteiger partial charge in [-0.15, -0.1) is 0 Å². The van der Waals surface area contributed by atoms with Gasteiger partial charge in [0.25, 0.3) is 0 Å². The maximum Gasteiger partial charge on any atom is 0.320 e. The van der Waals surface area contributed by atoms with E-state index in [0.717, 1.165) is 0 Å². The zero-order valence-corrected chi connectivity index (χ0v) is 10.8. The Morgan fingerprint density at radius 3 is 2.39 bits per heavy atom. The molecule has 0 radical (unpaired) electrons. The highest BCUT2D eigenvalue weighted by atomic mass is 15.0. The van der Waals surface area contributed by atoms with Gasteiger partial charge in [-0.25, -0.2) is 0 Å². The maximum atomic E-state index is 2.27. The fourth-order valence-electron chi connectivity index (χ4n) is 2.67. The summed E-state index contributed by atoms with van der Waals surface area (Å²) in [5.74, 6) is 2.24. The SMILES string of the molecule is Cc1cc(C)cc(C2=CC=CN3C=CC=CB23)c1. The molecule has 1 nitrogen and oxygen atoms in total. The molecule has 0 N–H and O–H groups in total. The summed E-state index contributed by atoms with van der Waals surface area (Å²) in [6.45, 7) is 4.65. The van der Waals surface area contributed by atoms with Crippen LogP contribution in [0.3, 0.4) is 0 Å². The van der Waals surface area contributed by atoms with Gasteiger partial charge in [-0.2, -0.15) is 0 Å². The summed E-state index contributed by atoms with van der Waals surface area (Å²) in [4.78, 5) is 2.24. The summed E-state index contributed by atoms with van der Waals surface area (Å²) in [7, 11) is 0. The van der Waals surface area contributed by atoms with Crippen molar-refractivity contribution < 1.29 is 0 Å². The lowest BCUT2D eigenvalue weighted by atomic mass is 9.50. The van der Waals surface area contributed by atoms with Gasteiger partial charge >= 0.3 is 6.85 Å². The van der Waals surface area contributed by atoms with E-state index < -0.39 is 0 Å². The second kappa shape index (κ2) is 4.38. The van der Waals surface area contributed by atoms with Crippen LogP contribution in [0, 0.1) is 13.8 Å². The zero-order chi connectivity index (χ0) is 12.5. The van der Waals surface area contributed by atoms with Gasteiger partial charge in [0.1, 0.15) is 0 Å². The van der Waals surface area contributed by atoms with Crippen molar-refractivity contribution in [1.82, 2.24) is 4.81 Å². The number of benzene rings is 1. The quantitative estimate of drug-likeness (QED) is 0.669. The van der Waals surface area contributed by atoms with E-state index in [2.05, 4.69) is 79.5 Å². The van der Waals surface area contributed by atoms with Crippen LogP contribution in [0.2, 0.25) is 0 Å². The van der Waals surface area contributed by atoms with E-state index in [4.69, 9.17) is 0 Å². The first-order valence-electron chi connectivity index (χ1n) is 6.33. The minimum absolute atomic E-state index is 0.334. The molecule has 0 saturated carbocycles. The fourth-order valence-corrected chi connectivity index (χ4v) is 2.67. The Hall–Kier alpha value is -1.96. The number of hydrogen-bond donors (Lipinski definition) is 0. The van der Waals surface area contributed by atoms with Gasteiger partial charge in [0.2, 0.25) is 0 Å². The van der Waals surface area contributed by atoms with Gasteiger partial charge in [0.15, 0.2) is 0 Å². The van der Waals surface area contributed by atoms with Crippen LogP contribution in [0.1, 0.15) is 16.7 Å². The molecule has 0 fully saturated rings. The number of nitrogens with zero attached hydrogens (tertiary/aromatic N) is 1. The van der Waals surface area contributed by atoms with Crippen molar-refractivity contribution >= 4 is 12.3 Å². The average Bonchev–Trinajstić information content (AvgIpc) is 2.37. The third-order valence-corrected chi connectivity index (χ3v) is 3.39. The van der Waals surface area contributed by atoms with Crippen LogP contribution in [-0.2, 0) is 0 Å². The number of allylic oxidation sites excluding steroid dienone is 4. The molecule has 0 atom stereocenters. The molecule has 2 heterocycles. The molecule has 1 aromatic rings. The van der Waals surface area contributed by atoms with E-state index >= 15 is 0 Å². The van der Waals surface area contributed by atoms with Crippen molar-refractivity contribution in [2.75, 3.05) is 0 Å². The summed E-state index contributed by atoms with van der Waals surface area (Å²) >= 11 is 0. The molecular weight excluding hydrogens is 217 g/mol. The standard InChI is InChI=1S/C16H16BN/c1-13-10-14(2)12-15(11-13)16-6-5-9-18-8-4-3-7-17(16)18/h3-12H,1-2H3. The molecule has 0 saturated heterocycles. The first-order valence-corrected chi connectivity index (χ1v) is 6.33. The first-order chi connectivity index (χ1) is 8.74. The minimum atomic E-state index is 0.334. The van der Waals surface area contributed by atoms with Crippen LogP contribution < -0.4 is 0 Å². The Morgan fingerprint density at radius 2 is 1.61 bits per heavy atom. The topological polar surface area (TPSA) is 3.24 Å². The molecule has 0 unspecified atom stereocenters. The molecule has 0 aromatic heterocycles. The lowest BCUT2D eigenvalue weighted by Crippen LogP contribution is -2.34. The number of rotatable bonds is 1. The van der Waals surface area contributed by atoms with Gasteiger partial charge < -0.3 is 4.81 Å². The van der Waals surface area contributed by atoms with Crippen LogP contribution in [0.4, 0.5) is 0 Å². The van der Waals surface area contributed by atoms with Crippen molar-refractivity contribution in [1.29, 1.82) is 0 Å². The molecule has 18 heavy (non-hydrogen) atoms. The Morgan fingerprint density at radius 1 is 0.889 bits per heavy atom. The molecule has 0 spiro atoms. The molecular formula is C16H16BN. The molecule has 0 bridgehead atoms. The lowest BCUT2D eigenvalue weighted by Gasteiger charge is -2.29. The number of hydrogen-bond acceptors (Lipinski definition) is 1. The van der Waals surface area contributed by atoms with Gasteiger partial charge in [-0.05, 0) is 49.4 Å². The van der Waals surface area contributed by atoms with Crippen LogP contribution in [0.25, 0.3) is 5.47 Å². The summed E-state index contributed by atoms with van der Waals surface area (Å²) in [6.07, 6.45) is 12.8. The first kappa shape index (κ1) is 11.2. The Kier molecular flexibility index (Phi) is 2.71. The van der Waals surface area contributed by atoms with Crippen molar-refractivity contribution in [3.8, 4) is 0 Å². The van der Waals surface area contributed by atoms with Crippen LogP contribution in [0.5, 0.6) is 0 Å². The average molecular weight is 233 g/mol. The summed E-state index contributed by atoms with van der Waals surface area (Å²) < 4.78 is 0. The second-order valence-corrected chi connectivity index (χ2v) is 4.96. The van der Waals surface area contributed by atoms with Crippen molar-refractivity contribution in [3.05, 3.63) is 77.6 Å². The van der Waals surface area contributed by atoms with Crippen LogP contribution in [-0.4, -0.2) is 11.7 Å². The van der Waals surface area contributed by atoms with E-state index in [9.17, 15) is 0 Å². The second-order valence-electron chi connectivity index (χ2n) is 4.96. The minimum Gasteiger partial charge on any atom is -0.390 e. The highest BCUT2D eigenvalue weighted by molar-refractivity contribution is 6.81. The summed E-state index contributed by atoms with van der Waals surface area (Å²) in [5, 5.41) is 0. The van der Waals surface area contributed by atoms with E-state index in [1.165, 1.54) is 22.2 Å². The Bertz CT molecular complexity index is 573. The smallest absolute Gasteiger partial charge is 0.320 e. The predicted octanol–water partition coefficient (Wildman–Crippen LogP) is 3.67. The summed E-state index contributed by atoms with van der Waals surface area (Å²) in [5.41, 5.74) is 5.33. The molecule has 2 aliphatic heterocycles. The molecule has 0 aliphatic carbocycles. The molecule has 88 valence electrons. The highest BCUT2D eigenvalue weighted by Crippen LogP contribution is 2.27. The van der Waals surface area contributed by atoms with Gasteiger partial charge in [-0.1, -0.05) is 47.5 Å². The van der Waals surface area contributed by atoms with E-state index in [-0.39, 0.29) is 0 Å². The van der Waals surface area contributed by atoms with E-state index in [1.54, 1.807) is 0 Å². The Balaban J connectivity index is 2.05. The lowest BCUT2D eigenvalue weighted by molar-refractivity contribution is 0.793. The molecule has 0 amide bonds. The number of fused-ring (bicyclic) bond motifs is 1. The van der Waals surface area contributed by atoms with E-state index in [0.29, 0.717) is 6.85 Å². The normalized spacial score (nSPS) is 16.9. The third-order valence-electron chi connectivity index (χ3n) is 3.39. The summed E-state index contributed by atoms with van der Waals surface area (Å²) in [6, 6.07) is 6.75. The largest absolute Gasteiger partial charge is 0.390 e. The van der Waals surface area contributed by atoms with Gasteiger partial charge in [0.05, 0.1) is 0 Å². The van der Waals surface area contributed by atoms with Crippen LogP contribution >= 0.6 is 0 Å². The van der Waals surface area contributed by atoms with Gasteiger partial charge in [0, 0.05) is 0 Å². The number of aryl methyl sites for hydroxylation is 2. The molecule has 3 rings (SSSR count). The third kappa shape index (κ3) is 1.95. The molecule has 1 aromatic carbocycles. The fraction of sp³-hybridized carbons (Fsp3) is 0.125. The van der Waals surface area contributed by atoms with Crippen LogP contribution in [0.15, 0.2) is 60.9 Å². The van der Waals surface area contributed by atoms with Gasteiger partial charge in [-0.3, -0.25) is 0 Å². The monoisotopic (exact) mass is 233 g/mol. The van der Waals surface area contributed by atoms with E-state index in [1.807, 2.05) is 0 Å². The highest BCUT2D eigenvalue weighted by Gasteiger charge is 2.25. The van der Waals surface area contributed by atoms with Crippen molar-refractivity contribution in [3.63, 3.8) is 0 Å². The maximum absolute atomic E-state index is 2.27. The Labute approximate surface area is 109 Å². The van der Waals surface area contributed by atoms with Crippen molar-refractivity contribution in [2.24, 2.45) is 0 Å². The predicted molar refractivity (Wildman–Crippen MR) is 78.9 cm³/mol.